The van der Waals surface area contributed by atoms with Crippen molar-refractivity contribution >= 4 is 11.9 Å². The molecule has 3 nitrogen and oxygen atoms in total. The van der Waals surface area contributed by atoms with Crippen LogP contribution in [-0.4, -0.2) is 10.2 Å². The van der Waals surface area contributed by atoms with Crippen LogP contribution in [0, 0.1) is 0 Å². The van der Waals surface area contributed by atoms with E-state index in [1.54, 1.807) is 18.3 Å². The molecular weight excluding hydrogens is 122 g/mol. The van der Waals surface area contributed by atoms with Crippen LogP contribution in [0.2, 0.25) is 0 Å². The van der Waals surface area contributed by atoms with Crippen LogP contribution >= 0.6 is 11.9 Å². The van der Waals surface area contributed by atoms with Crippen molar-refractivity contribution in [1.82, 2.24) is 10.2 Å². The van der Waals surface area contributed by atoms with E-state index in [1.165, 1.54) is 0 Å². The monoisotopic (exact) mass is 127 g/mol. The number of aromatic nitrogens is 2. The Labute approximate surface area is 51.4 Å². The largest absolute Gasteiger partial charge is 0.272 e. The van der Waals surface area contributed by atoms with Crippen LogP contribution in [0.4, 0.5) is 0 Å². The molecule has 8 heavy (non-hydrogen) atoms. The molecule has 1 aromatic rings. The second-order valence-electron chi connectivity index (χ2n) is 1.18. The maximum Gasteiger partial charge on any atom is 0.133 e. The van der Waals surface area contributed by atoms with Crippen molar-refractivity contribution in [2.45, 2.75) is 5.03 Å². The second-order valence-corrected chi connectivity index (χ2v) is 1.83. The van der Waals surface area contributed by atoms with Crippen LogP contribution in [0.5, 0.6) is 0 Å². The number of nitrogens with zero attached hydrogens (tertiary/aromatic N) is 2. The van der Waals surface area contributed by atoms with Crippen LogP contribution in [0.3, 0.4) is 0 Å². The first-order chi connectivity index (χ1) is 3.93. The van der Waals surface area contributed by atoms with Crippen molar-refractivity contribution in [3.05, 3.63) is 18.3 Å². The van der Waals surface area contributed by atoms with Crippen LogP contribution in [0.1, 0.15) is 0 Å². The fourth-order valence-corrected chi connectivity index (χ4v) is 0.602. The van der Waals surface area contributed by atoms with E-state index in [0.717, 1.165) is 17.0 Å². The first kappa shape index (κ1) is 5.53. The number of hydrogen-bond acceptors (Lipinski definition) is 4. The summed E-state index contributed by atoms with van der Waals surface area (Å²) in [7, 11) is 0. The zero-order valence-corrected chi connectivity index (χ0v) is 4.93. The number of rotatable bonds is 1. The third-order valence-electron chi connectivity index (χ3n) is 0.669. The van der Waals surface area contributed by atoms with Gasteiger partial charge in [0.1, 0.15) is 5.03 Å². The Morgan fingerprint density at radius 3 is 2.88 bits per heavy atom. The third-order valence-corrected chi connectivity index (χ3v) is 1.13. The van der Waals surface area contributed by atoms with E-state index in [1.807, 2.05) is 0 Å². The summed E-state index contributed by atoms with van der Waals surface area (Å²) < 4.78 is 0. The Morgan fingerprint density at radius 2 is 2.50 bits per heavy atom. The highest BCUT2D eigenvalue weighted by Crippen LogP contribution is 2.02. The normalized spacial score (nSPS) is 9.12. The molecule has 42 valence electrons. The second kappa shape index (κ2) is 2.64. The Hall–Kier alpha value is -0.610. The lowest BCUT2D eigenvalue weighted by Crippen LogP contribution is -1.85. The summed E-state index contributed by atoms with van der Waals surface area (Å²) in [5, 5.41) is 13.2. The van der Waals surface area contributed by atoms with Gasteiger partial charge in [0.25, 0.3) is 0 Å². The summed E-state index contributed by atoms with van der Waals surface area (Å²) in [5.74, 6) is 0. The predicted molar refractivity (Wildman–Crippen MR) is 32.1 cm³/mol. The summed E-state index contributed by atoms with van der Waals surface area (Å²) >= 11 is 1.10. The average molecular weight is 127 g/mol. The Morgan fingerprint density at radius 1 is 1.62 bits per heavy atom. The standard InChI is InChI=1S/C4H5N3S/c5-8-4-2-1-3-6-7-4/h1-3H,5H2. The molecule has 1 rings (SSSR count). The molecule has 0 fully saturated rings. The summed E-state index contributed by atoms with van der Waals surface area (Å²) in [5.41, 5.74) is 0. The van der Waals surface area contributed by atoms with Crippen LogP contribution < -0.4 is 5.14 Å². The minimum Gasteiger partial charge on any atom is -0.272 e. The zero-order chi connectivity index (χ0) is 5.82. The molecule has 0 bridgehead atoms. The quantitative estimate of drug-likeness (QED) is 0.556. The van der Waals surface area contributed by atoms with E-state index < -0.39 is 0 Å². The molecule has 0 aliphatic carbocycles. The van der Waals surface area contributed by atoms with Gasteiger partial charge in [-0.15, -0.1) is 5.10 Å². The maximum absolute atomic E-state index is 5.16. The lowest BCUT2D eigenvalue weighted by molar-refractivity contribution is 0.930. The van der Waals surface area contributed by atoms with Crippen molar-refractivity contribution in [1.29, 1.82) is 0 Å². The molecular formula is C4H5N3S. The van der Waals surface area contributed by atoms with Gasteiger partial charge in [0.05, 0.1) is 0 Å². The first-order valence-electron chi connectivity index (χ1n) is 2.08. The van der Waals surface area contributed by atoms with Gasteiger partial charge >= 0.3 is 0 Å². The highest BCUT2D eigenvalue weighted by atomic mass is 32.2. The maximum atomic E-state index is 5.16. The van der Waals surface area contributed by atoms with Gasteiger partial charge in [-0.2, -0.15) is 5.10 Å². The molecule has 0 aromatic carbocycles. The molecule has 0 amide bonds. The number of hydrogen-bond donors (Lipinski definition) is 1. The smallest absolute Gasteiger partial charge is 0.133 e. The van der Waals surface area contributed by atoms with E-state index >= 15 is 0 Å². The predicted octanol–water partition coefficient (Wildman–Crippen LogP) is 0.442. The van der Waals surface area contributed by atoms with Crippen molar-refractivity contribution in [3.8, 4) is 0 Å². The molecule has 0 saturated heterocycles. The molecule has 0 aliphatic rings. The number of nitrogens with two attached hydrogens (primary N) is 1. The topological polar surface area (TPSA) is 51.8 Å². The van der Waals surface area contributed by atoms with Crippen molar-refractivity contribution < 1.29 is 0 Å². The molecule has 0 aliphatic heterocycles. The lowest BCUT2D eigenvalue weighted by atomic mass is 10.6. The van der Waals surface area contributed by atoms with E-state index in [4.69, 9.17) is 5.14 Å². The highest BCUT2D eigenvalue weighted by Gasteiger charge is 1.84. The van der Waals surface area contributed by atoms with Crippen molar-refractivity contribution in [3.63, 3.8) is 0 Å². The Kier molecular flexibility index (Phi) is 1.82. The molecule has 0 spiro atoms. The average Bonchev–Trinajstić information content (AvgIpc) is 1.90. The molecule has 2 N–H and O–H groups in total. The Balaban J connectivity index is 2.83. The summed E-state index contributed by atoms with van der Waals surface area (Å²) in [6.07, 6.45) is 1.61. The van der Waals surface area contributed by atoms with Gasteiger partial charge in [-0.3, -0.25) is 5.14 Å². The molecule has 1 aromatic heterocycles. The van der Waals surface area contributed by atoms with Crippen molar-refractivity contribution in [2.75, 3.05) is 0 Å². The molecule has 0 radical (unpaired) electrons. The van der Waals surface area contributed by atoms with Gasteiger partial charge in [-0.05, 0) is 24.1 Å². The minimum absolute atomic E-state index is 0.743. The summed E-state index contributed by atoms with van der Waals surface area (Å²) in [6, 6.07) is 3.60. The van der Waals surface area contributed by atoms with E-state index in [2.05, 4.69) is 10.2 Å². The SMILES string of the molecule is NSc1cccnn1. The van der Waals surface area contributed by atoms with Gasteiger partial charge in [-0.1, -0.05) is 0 Å². The minimum atomic E-state index is 0.743. The van der Waals surface area contributed by atoms with Gasteiger partial charge < -0.3 is 0 Å². The molecule has 4 heteroatoms. The van der Waals surface area contributed by atoms with Gasteiger partial charge in [0.2, 0.25) is 0 Å². The van der Waals surface area contributed by atoms with Crippen LogP contribution in [-0.2, 0) is 0 Å². The lowest BCUT2D eigenvalue weighted by Gasteiger charge is -1.86. The fourth-order valence-electron chi connectivity index (χ4n) is 0.350. The van der Waals surface area contributed by atoms with Crippen molar-refractivity contribution in [2.24, 2.45) is 5.14 Å². The van der Waals surface area contributed by atoms with Gasteiger partial charge in [0, 0.05) is 6.20 Å². The zero-order valence-electron chi connectivity index (χ0n) is 4.11. The molecule has 0 atom stereocenters. The summed E-state index contributed by atoms with van der Waals surface area (Å²) in [4.78, 5) is 0. The third kappa shape index (κ3) is 1.18. The Bertz CT molecular complexity index is 153. The van der Waals surface area contributed by atoms with Gasteiger partial charge in [0.15, 0.2) is 0 Å². The van der Waals surface area contributed by atoms with Crippen LogP contribution in [0.15, 0.2) is 23.4 Å². The molecule has 0 unspecified atom stereocenters. The summed E-state index contributed by atoms with van der Waals surface area (Å²) in [6.45, 7) is 0. The highest BCUT2D eigenvalue weighted by molar-refractivity contribution is 7.97. The fraction of sp³-hybridized carbons (Fsp3) is 0. The first-order valence-corrected chi connectivity index (χ1v) is 2.96. The molecule has 0 saturated carbocycles. The van der Waals surface area contributed by atoms with E-state index in [0.29, 0.717) is 0 Å². The van der Waals surface area contributed by atoms with E-state index in [-0.39, 0.29) is 0 Å². The van der Waals surface area contributed by atoms with Crippen LogP contribution in [0.25, 0.3) is 0 Å². The van der Waals surface area contributed by atoms with E-state index in [9.17, 15) is 0 Å². The van der Waals surface area contributed by atoms with Gasteiger partial charge in [-0.25, -0.2) is 0 Å². The molecule has 1 heterocycles.